The number of carbonyl (C=O) groups is 1. The van der Waals surface area contributed by atoms with Gasteiger partial charge in [0.15, 0.2) is 11.5 Å². The highest BCUT2D eigenvalue weighted by atomic mass is 35.5. The van der Waals surface area contributed by atoms with Crippen molar-refractivity contribution in [2.75, 3.05) is 12.0 Å². The summed E-state index contributed by atoms with van der Waals surface area (Å²) in [5, 5.41) is 4.44. The van der Waals surface area contributed by atoms with Crippen LogP contribution in [0.25, 0.3) is 0 Å². The van der Waals surface area contributed by atoms with Gasteiger partial charge in [0.05, 0.1) is 25.7 Å². The van der Waals surface area contributed by atoms with Gasteiger partial charge in [0.2, 0.25) is 5.91 Å². The third-order valence-corrected chi connectivity index (χ3v) is 8.86. The van der Waals surface area contributed by atoms with Crippen molar-refractivity contribution in [2.45, 2.75) is 89.6 Å². The second-order valence-electron chi connectivity index (χ2n) is 11.5. The number of nitrogens with two attached hydrogens (primary N) is 1. The number of benzene rings is 3. The molecule has 2 unspecified atom stereocenters. The highest BCUT2D eigenvalue weighted by Gasteiger charge is 2.36. The van der Waals surface area contributed by atoms with E-state index in [1.807, 2.05) is 42.2 Å². The van der Waals surface area contributed by atoms with E-state index in [2.05, 4.69) is 49.5 Å². The number of hydrogen-bond acceptors (Lipinski definition) is 5. The topological polar surface area (TPSA) is 76.8 Å². The lowest BCUT2D eigenvalue weighted by Crippen LogP contribution is -2.41. The lowest BCUT2D eigenvalue weighted by Gasteiger charge is -2.38. The Morgan fingerprint density at radius 2 is 1.68 bits per heavy atom. The van der Waals surface area contributed by atoms with Gasteiger partial charge >= 0.3 is 0 Å². The number of ether oxygens (including phenoxy) is 2. The zero-order valence-corrected chi connectivity index (χ0v) is 25.3. The van der Waals surface area contributed by atoms with Crippen LogP contribution in [0.4, 0.5) is 5.69 Å². The Bertz CT molecular complexity index is 1340. The van der Waals surface area contributed by atoms with E-state index in [1.54, 1.807) is 7.11 Å². The first-order chi connectivity index (χ1) is 19.8. The number of hydrogen-bond donors (Lipinski definition) is 2. The van der Waals surface area contributed by atoms with Crippen LogP contribution in [0.2, 0.25) is 5.02 Å². The fourth-order valence-electron chi connectivity index (χ4n) is 6.03. The summed E-state index contributed by atoms with van der Waals surface area (Å²) in [6, 6.07) is 20.9. The van der Waals surface area contributed by atoms with Crippen molar-refractivity contribution in [1.29, 1.82) is 0 Å². The van der Waals surface area contributed by atoms with Crippen molar-refractivity contribution < 1.29 is 14.3 Å². The van der Waals surface area contributed by atoms with Gasteiger partial charge in [-0.3, -0.25) is 4.79 Å². The van der Waals surface area contributed by atoms with Crippen molar-refractivity contribution in [3.05, 3.63) is 87.9 Å². The summed E-state index contributed by atoms with van der Waals surface area (Å²) in [7, 11) is 1.64. The van der Waals surface area contributed by atoms with Crippen LogP contribution in [0, 0.1) is 0 Å². The van der Waals surface area contributed by atoms with E-state index >= 15 is 0 Å². The van der Waals surface area contributed by atoms with Crippen LogP contribution in [0.5, 0.6) is 11.5 Å². The number of halogens is 1. The van der Waals surface area contributed by atoms with E-state index < -0.39 is 0 Å². The van der Waals surface area contributed by atoms with Gasteiger partial charge in [-0.2, -0.15) is 0 Å². The molecule has 3 aromatic rings. The first-order valence-electron chi connectivity index (χ1n) is 14.8. The molecule has 0 bridgehead atoms. The third-order valence-electron chi connectivity index (χ3n) is 8.61. The summed E-state index contributed by atoms with van der Waals surface area (Å²) in [4.78, 5) is 15.7. The maximum absolute atomic E-state index is 13.8. The SMILES string of the molecule is CC[C@@H](C)Oc1cc2c(cc1OC)CC(=O)N(c1ccc(C(C)N[C@H]3CC[C@@H](N)CC3)cc1)C2c1ccc(Cl)cc1. The molecule has 0 saturated heterocycles. The first kappa shape index (κ1) is 29.4. The summed E-state index contributed by atoms with van der Waals surface area (Å²) in [6.07, 6.45) is 5.56. The summed E-state index contributed by atoms with van der Waals surface area (Å²) >= 11 is 6.27. The van der Waals surface area contributed by atoms with E-state index in [0.717, 1.165) is 54.5 Å². The molecule has 3 atom stereocenters. The minimum absolute atomic E-state index is 0.0331. The van der Waals surface area contributed by atoms with Crippen molar-refractivity contribution in [1.82, 2.24) is 5.32 Å². The molecule has 3 N–H and O–H groups in total. The van der Waals surface area contributed by atoms with Crippen LogP contribution in [-0.2, 0) is 11.2 Å². The molecular weight excluding hydrogens is 534 g/mol. The van der Waals surface area contributed by atoms with Gasteiger partial charge in [-0.15, -0.1) is 0 Å². The normalized spacial score (nSPS) is 22.1. The molecule has 0 spiro atoms. The Kier molecular flexibility index (Phi) is 9.22. The van der Waals surface area contributed by atoms with Crippen molar-refractivity contribution in [3.8, 4) is 11.5 Å². The number of carbonyl (C=O) groups excluding carboxylic acids is 1. The van der Waals surface area contributed by atoms with Gasteiger partial charge < -0.3 is 25.4 Å². The Morgan fingerprint density at radius 1 is 1.00 bits per heavy atom. The summed E-state index contributed by atoms with van der Waals surface area (Å²) in [5.74, 6) is 1.37. The number of nitrogens with one attached hydrogen (secondary N) is 1. The van der Waals surface area contributed by atoms with Gasteiger partial charge in [-0.1, -0.05) is 42.8 Å². The van der Waals surface area contributed by atoms with Gasteiger partial charge in [-0.05, 0) is 105 Å². The Labute approximate surface area is 249 Å². The highest BCUT2D eigenvalue weighted by Crippen LogP contribution is 2.44. The predicted octanol–water partition coefficient (Wildman–Crippen LogP) is 7.13. The second-order valence-corrected chi connectivity index (χ2v) is 12.0. The average molecular weight is 576 g/mol. The van der Waals surface area contributed by atoms with Crippen molar-refractivity contribution >= 4 is 23.2 Å². The second kappa shape index (κ2) is 12.8. The van der Waals surface area contributed by atoms with Crippen LogP contribution in [0.3, 0.4) is 0 Å². The number of amides is 1. The Hall–Kier alpha value is -3.06. The van der Waals surface area contributed by atoms with E-state index in [9.17, 15) is 4.79 Å². The van der Waals surface area contributed by atoms with Crippen LogP contribution in [0.15, 0.2) is 60.7 Å². The molecular formula is C34H42ClN3O3. The predicted molar refractivity (Wildman–Crippen MR) is 166 cm³/mol. The summed E-state index contributed by atoms with van der Waals surface area (Å²) in [5.41, 5.74) is 11.1. The molecule has 7 heteroatoms. The fraction of sp³-hybridized carbons (Fsp3) is 0.441. The van der Waals surface area contributed by atoms with Crippen molar-refractivity contribution in [2.24, 2.45) is 5.73 Å². The molecule has 1 aliphatic heterocycles. The maximum Gasteiger partial charge on any atom is 0.232 e. The lowest BCUT2D eigenvalue weighted by atomic mass is 9.86. The standard InChI is InChI=1S/C34H42ClN3O3/c1-5-21(2)41-32-20-30-25(18-31(32)40-4)19-33(39)38(34(30)24-6-10-26(35)11-7-24)29-16-8-23(9-17-29)22(3)37-28-14-12-27(36)13-15-28/h6-11,16-18,20-22,27-28,34,37H,5,12-15,19,36H2,1-4H3/t21-,22?,27-,28+,34?/m1/s1. The molecule has 1 amide bonds. The molecule has 0 radical (unpaired) electrons. The Balaban J connectivity index is 1.49. The van der Waals surface area contributed by atoms with E-state index in [0.29, 0.717) is 28.6 Å². The van der Waals surface area contributed by atoms with Crippen LogP contribution >= 0.6 is 11.6 Å². The molecule has 41 heavy (non-hydrogen) atoms. The molecule has 1 heterocycles. The molecule has 1 saturated carbocycles. The van der Waals surface area contributed by atoms with Gasteiger partial charge in [0, 0.05) is 28.8 Å². The molecule has 6 nitrogen and oxygen atoms in total. The van der Waals surface area contributed by atoms with Gasteiger partial charge in [0.25, 0.3) is 0 Å². The van der Waals surface area contributed by atoms with E-state index in [4.69, 9.17) is 26.8 Å². The molecule has 1 aliphatic carbocycles. The number of fused-ring (bicyclic) bond motifs is 1. The Morgan fingerprint density at radius 3 is 2.32 bits per heavy atom. The largest absolute Gasteiger partial charge is 0.493 e. The number of rotatable bonds is 9. The van der Waals surface area contributed by atoms with Crippen LogP contribution < -0.4 is 25.4 Å². The monoisotopic (exact) mass is 575 g/mol. The average Bonchev–Trinajstić information content (AvgIpc) is 2.98. The van der Waals surface area contributed by atoms with Crippen molar-refractivity contribution in [3.63, 3.8) is 0 Å². The summed E-state index contributed by atoms with van der Waals surface area (Å²) in [6.45, 7) is 6.34. The first-order valence-corrected chi connectivity index (χ1v) is 15.2. The highest BCUT2D eigenvalue weighted by molar-refractivity contribution is 6.30. The summed E-state index contributed by atoms with van der Waals surface area (Å²) < 4.78 is 11.9. The molecule has 218 valence electrons. The fourth-order valence-corrected chi connectivity index (χ4v) is 6.16. The lowest BCUT2D eigenvalue weighted by molar-refractivity contribution is -0.118. The van der Waals surface area contributed by atoms with Crippen LogP contribution in [0.1, 0.15) is 87.2 Å². The molecule has 3 aromatic carbocycles. The molecule has 5 rings (SSSR count). The minimum atomic E-state index is -0.332. The smallest absolute Gasteiger partial charge is 0.232 e. The molecule has 0 aromatic heterocycles. The number of anilines is 1. The van der Waals surface area contributed by atoms with E-state index in [-0.39, 0.29) is 30.5 Å². The van der Waals surface area contributed by atoms with Gasteiger partial charge in [-0.25, -0.2) is 0 Å². The number of nitrogens with zero attached hydrogens (tertiary/aromatic N) is 1. The zero-order chi connectivity index (χ0) is 29.1. The minimum Gasteiger partial charge on any atom is -0.493 e. The van der Waals surface area contributed by atoms with Crippen LogP contribution in [-0.4, -0.2) is 31.2 Å². The molecule has 2 aliphatic rings. The molecule has 1 fully saturated rings. The zero-order valence-electron chi connectivity index (χ0n) is 24.5. The van der Waals surface area contributed by atoms with E-state index in [1.165, 1.54) is 5.56 Å². The quantitative estimate of drug-likeness (QED) is 0.284. The maximum atomic E-state index is 13.8. The van der Waals surface area contributed by atoms with Gasteiger partial charge in [0.1, 0.15) is 0 Å². The third kappa shape index (κ3) is 6.56. The number of methoxy groups -OCH3 is 1.